The van der Waals surface area contributed by atoms with Crippen molar-refractivity contribution in [3.63, 3.8) is 0 Å². The van der Waals surface area contributed by atoms with Crippen LogP contribution in [0.15, 0.2) is 4.99 Å². The summed E-state index contributed by atoms with van der Waals surface area (Å²) >= 11 is 1.50. The number of rotatable bonds is 2. The fourth-order valence-electron chi connectivity index (χ4n) is 1.11. The van der Waals surface area contributed by atoms with Gasteiger partial charge in [0.2, 0.25) is 0 Å². The molecule has 0 aromatic rings. The van der Waals surface area contributed by atoms with E-state index >= 15 is 0 Å². The van der Waals surface area contributed by atoms with Gasteiger partial charge in [-0.15, -0.1) is 0 Å². The van der Waals surface area contributed by atoms with Gasteiger partial charge in [-0.25, -0.2) is 0 Å². The molecular weight excluding hydrogens is 225 g/mol. The van der Waals surface area contributed by atoms with E-state index in [9.17, 15) is 13.2 Å². The van der Waals surface area contributed by atoms with Gasteiger partial charge < -0.3 is 5.32 Å². The molecule has 6 heteroatoms. The van der Waals surface area contributed by atoms with Crippen molar-refractivity contribution >= 4 is 16.9 Å². The van der Waals surface area contributed by atoms with Gasteiger partial charge in [0.1, 0.15) is 0 Å². The minimum absolute atomic E-state index is 0.181. The van der Waals surface area contributed by atoms with Crippen molar-refractivity contribution in [3.05, 3.63) is 0 Å². The Morgan fingerprint density at radius 3 is 2.67 bits per heavy atom. The highest BCUT2D eigenvalue weighted by molar-refractivity contribution is 8.13. The number of aliphatic imine (C=N–C) groups is 1. The Labute approximate surface area is 91.7 Å². The molecule has 88 valence electrons. The molecule has 0 bridgehead atoms. The van der Waals surface area contributed by atoms with Gasteiger partial charge in [0, 0.05) is 11.8 Å². The van der Waals surface area contributed by atoms with Gasteiger partial charge in [0.15, 0.2) is 5.17 Å². The van der Waals surface area contributed by atoms with Crippen LogP contribution in [0, 0.1) is 5.92 Å². The molecule has 1 heterocycles. The van der Waals surface area contributed by atoms with Gasteiger partial charge in [0.25, 0.3) is 0 Å². The van der Waals surface area contributed by atoms with E-state index in [4.69, 9.17) is 0 Å². The summed E-state index contributed by atoms with van der Waals surface area (Å²) in [6, 6.07) is 0.288. The fraction of sp³-hybridized carbons (Fsp3) is 0.889. The van der Waals surface area contributed by atoms with E-state index in [-0.39, 0.29) is 12.6 Å². The van der Waals surface area contributed by atoms with Crippen LogP contribution in [-0.2, 0) is 0 Å². The van der Waals surface area contributed by atoms with E-state index < -0.39 is 12.6 Å². The third kappa shape index (κ3) is 4.77. The van der Waals surface area contributed by atoms with Gasteiger partial charge in [-0.3, -0.25) is 4.99 Å². The summed E-state index contributed by atoms with van der Waals surface area (Å²) in [5.74, 6) is 1.44. The Balaban J connectivity index is 2.35. The number of halogens is 3. The molecule has 0 amide bonds. The minimum atomic E-state index is -4.11. The molecule has 2 nitrogen and oxygen atoms in total. The number of nitrogens with zero attached hydrogens (tertiary/aromatic N) is 1. The standard InChI is InChI=1S/C9H15F3N2S/c1-6-5-15-8(14-7(6)2)13-4-3-9(10,11)12/h6-7H,3-5H2,1-2H3,(H,13,14). The minimum Gasteiger partial charge on any atom is -0.362 e. The molecule has 0 spiro atoms. The summed E-state index contributed by atoms with van der Waals surface area (Å²) in [7, 11) is 0. The molecule has 1 N–H and O–H groups in total. The average molecular weight is 240 g/mol. The molecule has 0 radical (unpaired) electrons. The van der Waals surface area contributed by atoms with Crippen LogP contribution >= 0.6 is 11.8 Å². The highest BCUT2D eigenvalue weighted by atomic mass is 32.2. The Bertz CT molecular complexity index is 240. The monoisotopic (exact) mass is 240 g/mol. The summed E-state index contributed by atoms with van der Waals surface area (Å²) in [6.07, 6.45) is -4.95. The van der Waals surface area contributed by atoms with Gasteiger partial charge in [-0.2, -0.15) is 13.2 Å². The van der Waals surface area contributed by atoms with Gasteiger partial charge in [0.05, 0.1) is 13.0 Å². The zero-order valence-electron chi connectivity index (χ0n) is 8.77. The molecule has 1 fully saturated rings. The maximum atomic E-state index is 11.9. The summed E-state index contributed by atoms with van der Waals surface area (Å²) in [5, 5.41) is 3.74. The van der Waals surface area contributed by atoms with Crippen molar-refractivity contribution < 1.29 is 13.2 Å². The van der Waals surface area contributed by atoms with Gasteiger partial charge in [-0.05, 0) is 12.8 Å². The predicted octanol–water partition coefficient (Wildman–Crippen LogP) is 2.66. The highest BCUT2D eigenvalue weighted by Gasteiger charge is 2.26. The molecule has 1 aliphatic rings. The molecule has 1 saturated heterocycles. The molecule has 2 atom stereocenters. The van der Waals surface area contributed by atoms with Gasteiger partial charge in [-0.1, -0.05) is 18.7 Å². The average Bonchev–Trinajstić information content (AvgIpc) is 2.09. The molecule has 1 aliphatic heterocycles. The van der Waals surface area contributed by atoms with Crippen LogP contribution in [0.5, 0.6) is 0 Å². The van der Waals surface area contributed by atoms with Crippen molar-refractivity contribution in [2.75, 3.05) is 12.3 Å². The first kappa shape index (κ1) is 12.7. The summed E-state index contributed by atoms with van der Waals surface area (Å²) in [4.78, 5) is 3.90. The zero-order chi connectivity index (χ0) is 11.5. The molecule has 0 saturated carbocycles. The molecule has 0 aliphatic carbocycles. The van der Waals surface area contributed by atoms with E-state index in [1.165, 1.54) is 11.8 Å². The van der Waals surface area contributed by atoms with Crippen molar-refractivity contribution in [3.8, 4) is 0 Å². The number of nitrogens with one attached hydrogen (secondary N) is 1. The summed E-state index contributed by atoms with van der Waals surface area (Å²) in [6.45, 7) is 3.95. The Kier molecular flexibility index (Phi) is 4.31. The molecular formula is C9H15F3N2S. The third-order valence-electron chi connectivity index (χ3n) is 2.34. The topological polar surface area (TPSA) is 24.4 Å². The lowest BCUT2D eigenvalue weighted by Crippen LogP contribution is -2.41. The first-order valence-electron chi connectivity index (χ1n) is 4.89. The van der Waals surface area contributed by atoms with E-state index in [1.807, 2.05) is 6.92 Å². The van der Waals surface area contributed by atoms with Crippen LogP contribution in [0.3, 0.4) is 0 Å². The first-order valence-corrected chi connectivity index (χ1v) is 5.87. The lowest BCUT2D eigenvalue weighted by molar-refractivity contribution is -0.132. The third-order valence-corrected chi connectivity index (χ3v) is 3.55. The van der Waals surface area contributed by atoms with Crippen molar-refractivity contribution in [1.29, 1.82) is 0 Å². The number of hydrogen-bond acceptors (Lipinski definition) is 2. The zero-order valence-corrected chi connectivity index (χ0v) is 9.58. The first-order chi connectivity index (χ1) is 6.88. The molecule has 15 heavy (non-hydrogen) atoms. The highest BCUT2D eigenvalue weighted by Crippen LogP contribution is 2.21. The number of thioether (sulfide) groups is 1. The summed E-state index contributed by atoms with van der Waals surface area (Å²) < 4.78 is 35.6. The Morgan fingerprint density at radius 1 is 1.47 bits per heavy atom. The number of hydrogen-bond donors (Lipinski definition) is 1. The molecule has 2 unspecified atom stereocenters. The fourth-order valence-corrected chi connectivity index (χ4v) is 2.27. The van der Waals surface area contributed by atoms with Crippen LogP contribution in [0.2, 0.25) is 0 Å². The van der Waals surface area contributed by atoms with Crippen molar-refractivity contribution in [2.45, 2.75) is 32.5 Å². The summed E-state index contributed by atoms with van der Waals surface area (Å²) in [5.41, 5.74) is 0. The van der Waals surface area contributed by atoms with E-state index in [0.29, 0.717) is 11.1 Å². The second-order valence-electron chi connectivity index (χ2n) is 3.77. The molecule has 0 aromatic heterocycles. The second kappa shape index (κ2) is 5.09. The van der Waals surface area contributed by atoms with Crippen LogP contribution < -0.4 is 5.32 Å². The molecule has 0 aromatic carbocycles. The molecule has 1 rings (SSSR count). The van der Waals surface area contributed by atoms with E-state index in [1.54, 1.807) is 0 Å². The SMILES string of the molecule is CC1CSC(=NCCC(F)(F)F)NC1C. The van der Waals surface area contributed by atoms with Crippen molar-refractivity contribution in [2.24, 2.45) is 10.9 Å². The smallest absolute Gasteiger partial charge is 0.362 e. The normalized spacial score (nSPS) is 30.3. The predicted molar refractivity (Wildman–Crippen MR) is 57.2 cm³/mol. The van der Waals surface area contributed by atoms with Gasteiger partial charge >= 0.3 is 6.18 Å². The maximum absolute atomic E-state index is 11.9. The van der Waals surface area contributed by atoms with Crippen LogP contribution in [-0.4, -0.2) is 29.7 Å². The maximum Gasteiger partial charge on any atom is 0.390 e. The number of alkyl halides is 3. The quantitative estimate of drug-likeness (QED) is 0.802. The lowest BCUT2D eigenvalue weighted by Gasteiger charge is -2.28. The van der Waals surface area contributed by atoms with Crippen LogP contribution in [0.1, 0.15) is 20.3 Å². The Hall–Kier alpha value is -0.390. The van der Waals surface area contributed by atoms with Crippen LogP contribution in [0.25, 0.3) is 0 Å². The number of amidine groups is 1. The second-order valence-corrected chi connectivity index (χ2v) is 4.78. The van der Waals surface area contributed by atoms with Crippen molar-refractivity contribution in [1.82, 2.24) is 5.32 Å². The largest absolute Gasteiger partial charge is 0.390 e. The lowest BCUT2D eigenvalue weighted by atomic mass is 10.1. The Morgan fingerprint density at radius 2 is 2.13 bits per heavy atom. The van der Waals surface area contributed by atoms with E-state index in [0.717, 1.165) is 5.75 Å². The van der Waals surface area contributed by atoms with E-state index in [2.05, 4.69) is 17.2 Å². The van der Waals surface area contributed by atoms with Crippen LogP contribution in [0.4, 0.5) is 13.2 Å².